The molecule has 0 spiro atoms. The molecule has 0 aromatic heterocycles. The summed E-state index contributed by atoms with van der Waals surface area (Å²) in [6.45, 7) is 3.82. The quantitative estimate of drug-likeness (QED) is 0.794. The minimum Gasteiger partial charge on any atom is -0.481 e. The van der Waals surface area contributed by atoms with E-state index in [4.69, 9.17) is 0 Å². The monoisotopic (exact) mass is 254 g/mol. The highest BCUT2D eigenvalue weighted by Gasteiger charge is 2.55. The highest BCUT2D eigenvalue weighted by atomic mass is 16.4. The summed E-state index contributed by atoms with van der Waals surface area (Å²) in [7, 11) is 0. The lowest BCUT2D eigenvalue weighted by atomic mass is 9.54. The molecule has 4 heteroatoms. The highest BCUT2D eigenvalue weighted by Crippen LogP contribution is 2.53. The normalized spacial score (nSPS) is 44.1. The van der Waals surface area contributed by atoms with Crippen LogP contribution >= 0.6 is 0 Å². The number of carbonyl (C=O) groups is 2. The van der Waals surface area contributed by atoms with Crippen LogP contribution in [0.2, 0.25) is 0 Å². The van der Waals surface area contributed by atoms with E-state index in [9.17, 15) is 19.8 Å². The predicted octanol–water partition coefficient (Wildman–Crippen LogP) is 2.62. The maximum absolute atomic E-state index is 11.5. The van der Waals surface area contributed by atoms with Crippen LogP contribution in [0, 0.1) is 29.1 Å². The van der Waals surface area contributed by atoms with Gasteiger partial charge in [-0.15, -0.1) is 0 Å². The molecule has 18 heavy (non-hydrogen) atoms. The van der Waals surface area contributed by atoms with E-state index >= 15 is 0 Å². The van der Waals surface area contributed by atoms with Crippen molar-refractivity contribution < 1.29 is 19.8 Å². The number of aliphatic carboxylic acids is 2. The Morgan fingerprint density at radius 2 is 1.83 bits per heavy atom. The Balaban J connectivity index is 2.30. The fraction of sp³-hybridized carbons (Fsp3) is 0.857. The Morgan fingerprint density at radius 3 is 2.39 bits per heavy atom. The van der Waals surface area contributed by atoms with E-state index < -0.39 is 23.3 Å². The minimum atomic E-state index is -1.09. The van der Waals surface area contributed by atoms with Gasteiger partial charge in [-0.1, -0.05) is 13.3 Å². The lowest BCUT2D eigenvalue weighted by Crippen LogP contribution is -2.51. The fourth-order valence-corrected chi connectivity index (χ4v) is 4.10. The van der Waals surface area contributed by atoms with Gasteiger partial charge in [-0.25, -0.2) is 0 Å². The van der Waals surface area contributed by atoms with Crippen molar-refractivity contribution in [2.75, 3.05) is 0 Å². The summed E-state index contributed by atoms with van der Waals surface area (Å²) in [6, 6.07) is 0. The van der Waals surface area contributed by atoms with E-state index in [-0.39, 0.29) is 5.92 Å². The van der Waals surface area contributed by atoms with E-state index in [1.807, 2.05) is 0 Å². The molecule has 0 bridgehead atoms. The molecular weight excluding hydrogens is 232 g/mol. The molecule has 102 valence electrons. The molecule has 0 amide bonds. The summed E-state index contributed by atoms with van der Waals surface area (Å²) in [6.07, 6.45) is 4.31. The molecule has 2 aliphatic rings. The Kier molecular flexibility index (Phi) is 3.39. The maximum atomic E-state index is 11.5. The fourth-order valence-electron chi connectivity index (χ4n) is 4.10. The molecule has 0 aromatic carbocycles. The predicted molar refractivity (Wildman–Crippen MR) is 66.1 cm³/mol. The van der Waals surface area contributed by atoms with E-state index in [2.05, 4.69) is 6.92 Å². The van der Waals surface area contributed by atoms with Crippen LogP contribution in [0.15, 0.2) is 0 Å². The first-order valence-corrected chi connectivity index (χ1v) is 6.82. The van der Waals surface area contributed by atoms with Crippen molar-refractivity contribution in [3.05, 3.63) is 0 Å². The molecule has 0 aliphatic heterocycles. The number of hydrogen-bond acceptors (Lipinski definition) is 2. The van der Waals surface area contributed by atoms with E-state index in [0.717, 1.165) is 25.7 Å². The SMILES string of the molecule is CC1CCC2C(CCC(C)(C(=O)O)C2C(=O)O)C1. The first-order chi connectivity index (χ1) is 8.36. The topological polar surface area (TPSA) is 74.6 Å². The largest absolute Gasteiger partial charge is 0.481 e. The van der Waals surface area contributed by atoms with Gasteiger partial charge in [-0.3, -0.25) is 9.59 Å². The van der Waals surface area contributed by atoms with Gasteiger partial charge in [0.25, 0.3) is 0 Å². The molecule has 0 aromatic rings. The summed E-state index contributed by atoms with van der Waals surface area (Å²) >= 11 is 0. The van der Waals surface area contributed by atoms with Crippen molar-refractivity contribution in [2.24, 2.45) is 29.1 Å². The van der Waals surface area contributed by atoms with Crippen LogP contribution in [-0.4, -0.2) is 22.2 Å². The Bertz CT molecular complexity index is 365. The summed E-state index contributed by atoms with van der Waals surface area (Å²) in [5, 5.41) is 18.9. The molecular formula is C14H22O4. The van der Waals surface area contributed by atoms with Crippen LogP contribution < -0.4 is 0 Å². The van der Waals surface area contributed by atoms with Crippen LogP contribution in [0.4, 0.5) is 0 Å². The average molecular weight is 254 g/mol. The molecule has 0 radical (unpaired) electrons. The zero-order valence-corrected chi connectivity index (χ0v) is 11.1. The van der Waals surface area contributed by atoms with Gasteiger partial charge in [0.1, 0.15) is 0 Å². The second-order valence-electron chi connectivity index (χ2n) is 6.42. The summed E-state index contributed by atoms with van der Waals surface area (Å²) in [5.74, 6) is -1.50. The molecule has 4 nitrogen and oxygen atoms in total. The molecule has 2 N–H and O–H groups in total. The van der Waals surface area contributed by atoms with Crippen molar-refractivity contribution in [3.63, 3.8) is 0 Å². The van der Waals surface area contributed by atoms with E-state index in [1.54, 1.807) is 6.92 Å². The van der Waals surface area contributed by atoms with Crippen LogP contribution in [-0.2, 0) is 9.59 Å². The molecule has 2 aliphatic carbocycles. The first kappa shape index (κ1) is 13.4. The lowest BCUT2D eigenvalue weighted by Gasteiger charge is -2.48. The average Bonchev–Trinajstić information content (AvgIpc) is 2.28. The molecule has 5 atom stereocenters. The van der Waals surface area contributed by atoms with Crippen molar-refractivity contribution in [3.8, 4) is 0 Å². The Labute approximate surface area is 107 Å². The molecule has 2 rings (SSSR count). The molecule has 2 fully saturated rings. The highest BCUT2D eigenvalue weighted by molar-refractivity contribution is 5.83. The maximum Gasteiger partial charge on any atom is 0.310 e. The van der Waals surface area contributed by atoms with Gasteiger partial charge in [0.05, 0.1) is 11.3 Å². The van der Waals surface area contributed by atoms with Gasteiger partial charge in [-0.2, -0.15) is 0 Å². The van der Waals surface area contributed by atoms with E-state index in [1.165, 1.54) is 0 Å². The van der Waals surface area contributed by atoms with Gasteiger partial charge < -0.3 is 10.2 Å². The third-order valence-electron chi connectivity index (χ3n) is 5.21. The van der Waals surface area contributed by atoms with E-state index in [0.29, 0.717) is 18.3 Å². The summed E-state index contributed by atoms with van der Waals surface area (Å²) < 4.78 is 0. The van der Waals surface area contributed by atoms with Gasteiger partial charge >= 0.3 is 11.9 Å². The van der Waals surface area contributed by atoms with Crippen molar-refractivity contribution in [1.29, 1.82) is 0 Å². The third-order valence-corrected chi connectivity index (χ3v) is 5.21. The first-order valence-electron chi connectivity index (χ1n) is 6.82. The summed E-state index contributed by atoms with van der Waals surface area (Å²) in [5.41, 5.74) is -1.09. The minimum absolute atomic E-state index is 0.0496. The second-order valence-corrected chi connectivity index (χ2v) is 6.42. The number of carboxylic acid groups (broad SMARTS) is 2. The molecule has 5 unspecified atom stereocenters. The smallest absolute Gasteiger partial charge is 0.310 e. The Hall–Kier alpha value is -1.06. The lowest BCUT2D eigenvalue weighted by molar-refractivity contribution is -0.172. The zero-order chi connectivity index (χ0) is 13.5. The summed E-state index contributed by atoms with van der Waals surface area (Å²) in [4.78, 5) is 23.0. The number of rotatable bonds is 2. The van der Waals surface area contributed by atoms with Gasteiger partial charge in [0.15, 0.2) is 0 Å². The molecule has 0 saturated heterocycles. The van der Waals surface area contributed by atoms with Crippen LogP contribution in [0.25, 0.3) is 0 Å². The zero-order valence-electron chi connectivity index (χ0n) is 11.1. The van der Waals surface area contributed by atoms with Gasteiger partial charge in [-0.05, 0) is 50.4 Å². The van der Waals surface area contributed by atoms with Crippen molar-refractivity contribution in [2.45, 2.75) is 46.0 Å². The molecule has 2 saturated carbocycles. The van der Waals surface area contributed by atoms with Crippen LogP contribution in [0.5, 0.6) is 0 Å². The third kappa shape index (κ3) is 2.02. The number of fused-ring (bicyclic) bond motifs is 1. The molecule has 0 heterocycles. The number of hydrogen-bond donors (Lipinski definition) is 2. The van der Waals surface area contributed by atoms with Gasteiger partial charge in [0, 0.05) is 0 Å². The standard InChI is InChI=1S/C14H22O4/c1-8-3-4-10-9(7-8)5-6-14(2,13(17)18)11(10)12(15)16/h8-11H,3-7H2,1-2H3,(H,15,16)(H,17,18). The van der Waals surface area contributed by atoms with Crippen molar-refractivity contribution in [1.82, 2.24) is 0 Å². The van der Waals surface area contributed by atoms with Crippen LogP contribution in [0.1, 0.15) is 46.0 Å². The number of carboxylic acids is 2. The van der Waals surface area contributed by atoms with Crippen molar-refractivity contribution >= 4 is 11.9 Å². The van der Waals surface area contributed by atoms with Crippen LogP contribution in [0.3, 0.4) is 0 Å². The van der Waals surface area contributed by atoms with Gasteiger partial charge in [0.2, 0.25) is 0 Å². The second kappa shape index (κ2) is 4.56. The Morgan fingerprint density at radius 1 is 1.17 bits per heavy atom.